The van der Waals surface area contributed by atoms with Gasteiger partial charge in [0.05, 0.1) is 16.6 Å². The van der Waals surface area contributed by atoms with Gasteiger partial charge < -0.3 is 5.11 Å². The van der Waals surface area contributed by atoms with Crippen molar-refractivity contribution in [3.8, 4) is 5.69 Å². The van der Waals surface area contributed by atoms with Crippen molar-refractivity contribution < 1.29 is 23.1 Å². The lowest BCUT2D eigenvalue weighted by Crippen LogP contribution is -2.14. The second kappa shape index (κ2) is 5.12. The fraction of sp³-hybridized carbons (Fsp3) is 0.125. The summed E-state index contributed by atoms with van der Waals surface area (Å²) in [7, 11) is 0. The van der Waals surface area contributed by atoms with Gasteiger partial charge in [0.1, 0.15) is 0 Å². The molecule has 1 heterocycles. The third-order valence-corrected chi connectivity index (χ3v) is 3.51. The number of benzene rings is 2. The quantitative estimate of drug-likeness (QED) is 0.775. The van der Waals surface area contributed by atoms with Crippen LogP contribution in [0.4, 0.5) is 13.2 Å². The second-order valence-electron chi connectivity index (χ2n) is 5.06. The first kappa shape index (κ1) is 15.1. The zero-order valence-corrected chi connectivity index (χ0v) is 11.9. The predicted octanol–water partition coefficient (Wildman–Crippen LogP) is 4.05. The van der Waals surface area contributed by atoms with Crippen molar-refractivity contribution in [2.24, 2.45) is 0 Å². The van der Waals surface area contributed by atoms with Gasteiger partial charge in [-0.05, 0) is 42.8 Å². The Hall–Kier alpha value is -2.83. The number of nitrogens with zero attached hydrogens (tertiary/aromatic N) is 2. The van der Waals surface area contributed by atoms with Crippen LogP contribution in [0.3, 0.4) is 0 Å². The molecular weight excluding hydrogens is 309 g/mol. The third-order valence-electron chi connectivity index (χ3n) is 3.51. The van der Waals surface area contributed by atoms with Gasteiger partial charge in [0.25, 0.3) is 0 Å². The lowest BCUT2D eigenvalue weighted by atomic mass is 10.1. The van der Waals surface area contributed by atoms with Crippen LogP contribution in [0.25, 0.3) is 16.7 Å². The Labute approximate surface area is 128 Å². The first-order valence-electron chi connectivity index (χ1n) is 6.68. The van der Waals surface area contributed by atoms with E-state index < -0.39 is 18.0 Å². The van der Waals surface area contributed by atoms with Crippen molar-refractivity contribution in [3.05, 3.63) is 59.4 Å². The minimum Gasteiger partial charge on any atom is -0.478 e. The Morgan fingerprint density at radius 1 is 1.17 bits per heavy atom. The number of alkyl halides is 3. The molecule has 0 saturated heterocycles. The first-order valence-corrected chi connectivity index (χ1v) is 6.68. The van der Waals surface area contributed by atoms with Gasteiger partial charge in [-0.1, -0.05) is 12.1 Å². The van der Waals surface area contributed by atoms with Gasteiger partial charge in [-0.2, -0.15) is 13.2 Å². The average molecular weight is 320 g/mol. The van der Waals surface area contributed by atoms with Gasteiger partial charge in [0.2, 0.25) is 5.82 Å². The number of fused-ring (bicyclic) bond motifs is 1. The van der Waals surface area contributed by atoms with Gasteiger partial charge in [-0.3, -0.25) is 4.57 Å². The van der Waals surface area contributed by atoms with E-state index in [1.165, 1.54) is 30.3 Å². The number of para-hydroxylation sites is 2. The fourth-order valence-electron chi connectivity index (χ4n) is 2.50. The maximum Gasteiger partial charge on any atom is 0.450 e. The van der Waals surface area contributed by atoms with Gasteiger partial charge >= 0.3 is 12.1 Å². The Kier molecular flexibility index (Phi) is 3.35. The normalized spacial score (nSPS) is 11.8. The molecule has 0 unspecified atom stereocenters. The number of carboxylic acids is 1. The Bertz CT molecular complexity index is 913. The van der Waals surface area contributed by atoms with Crippen LogP contribution >= 0.6 is 0 Å². The SMILES string of the molecule is Cc1cc(-n2c(C(F)(F)F)nc3ccccc32)ccc1C(=O)O. The highest BCUT2D eigenvalue weighted by molar-refractivity contribution is 5.89. The molecule has 0 fully saturated rings. The number of carboxylic acid groups (broad SMARTS) is 1. The number of hydrogen-bond acceptors (Lipinski definition) is 2. The molecule has 1 aromatic heterocycles. The molecule has 0 saturated carbocycles. The van der Waals surface area contributed by atoms with E-state index in [0.29, 0.717) is 11.1 Å². The number of aryl methyl sites for hydroxylation is 1. The van der Waals surface area contributed by atoms with E-state index in [2.05, 4.69) is 4.98 Å². The molecule has 0 amide bonds. The number of carbonyl (C=O) groups is 1. The lowest BCUT2D eigenvalue weighted by molar-refractivity contribution is -0.145. The third kappa shape index (κ3) is 2.54. The second-order valence-corrected chi connectivity index (χ2v) is 5.06. The molecule has 3 aromatic rings. The monoisotopic (exact) mass is 320 g/mol. The standard InChI is InChI=1S/C16H11F3N2O2/c1-9-8-10(6-7-11(9)14(22)23)21-13-5-3-2-4-12(13)20-15(21)16(17,18)19/h2-8H,1H3,(H,22,23). The molecule has 7 heteroatoms. The number of hydrogen-bond donors (Lipinski definition) is 1. The van der Waals surface area contributed by atoms with Crippen molar-refractivity contribution in [2.45, 2.75) is 13.1 Å². The van der Waals surface area contributed by atoms with E-state index in [0.717, 1.165) is 4.57 Å². The van der Waals surface area contributed by atoms with Crippen LogP contribution < -0.4 is 0 Å². The fourth-order valence-corrected chi connectivity index (χ4v) is 2.50. The van der Waals surface area contributed by atoms with E-state index in [-0.39, 0.29) is 16.8 Å². The van der Waals surface area contributed by atoms with Crippen molar-refractivity contribution in [1.82, 2.24) is 9.55 Å². The maximum atomic E-state index is 13.3. The average Bonchev–Trinajstić information content (AvgIpc) is 2.86. The highest BCUT2D eigenvalue weighted by Crippen LogP contribution is 2.34. The molecule has 4 nitrogen and oxygen atoms in total. The highest BCUT2D eigenvalue weighted by Gasteiger charge is 2.38. The number of rotatable bonds is 2. The molecule has 23 heavy (non-hydrogen) atoms. The summed E-state index contributed by atoms with van der Waals surface area (Å²) in [5.41, 5.74) is 1.17. The Morgan fingerprint density at radius 3 is 2.48 bits per heavy atom. The summed E-state index contributed by atoms with van der Waals surface area (Å²) in [6, 6.07) is 10.3. The van der Waals surface area contributed by atoms with Crippen molar-refractivity contribution in [3.63, 3.8) is 0 Å². The van der Waals surface area contributed by atoms with E-state index >= 15 is 0 Å². The van der Waals surface area contributed by atoms with Crippen LogP contribution in [0.2, 0.25) is 0 Å². The topological polar surface area (TPSA) is 55.1 Å². The van der Waals surface area contributed by atoms with Crippen molar-refractivity contribution in [1.29, 1.82) is 0 Å². The van der Waals surface area contributed by atoms with E-state index in [9.17, 15) is 18.0 Å². The minimum atomic E-state index is -4.63. The smallest absolute Gasteiger partial charge is 0.450 e. The van der Waals surface area contributed by atoms with E-state index in [4.69, 9.17) is 5.11 Å². The predicted molar refractivity (Wildman–Crippen MR) is 77.8 cm³/mol. The Morgan fingerprint density at radius 2 is 1.87 bits per heavy atom. The van der Waals surface area contributed by atoms with Gasteiger partial charge in [-0.15, -0.1) is 0 Å². The number of aromatic nitrogens is 2. The van der Waals surface area contributed by atoms with Crippen LogP contribution in [0.1, 0.15) is 21.7 Å². The zero-order chi connectivity index (χ0) is 16.8. The van der Waals surface area contributed by atoms with E-state index in [1.807, 2.05) is 0 Å². The largest absolute Gasteiger partial charge is 0.478 e. The molecule has 0 aliphatic rings. The van der Waals surface area contributed by atoms with Crippen LogP contribution in [0, 0.1) is 6.92 Å². The zero-order valence-electron chi connectivity index (χ0n) is 11.9. The molecule has 0 aliphatic carbocycles. The summed E-state index contributed by atoms with van der Waals surface area (Å²) < 4.78 is 40.9. The van der Waals surface area contributed by atoms with Crippen LogP contribution in [0.15, 0.2) is 42.5 Å². The molecule has 118 valence electrons. The molecule has 0 spiro atoms. The van der Waals surface area contributed by atoms with Gasteiger partial charge in [0, 0.05) is 5.69 Å². The number of halogens is 3. The summed E-state index contributed by atoms with van der Waals surface area (Å²) in [5.74, 6) is -2.17. The maximum absolute atomic E-state index is 13.3. The van der Waals surface area contributed by atoms with E-state index in [1.54, 1.807) is 19.1 Å². The molecule has 2 aromatic carbocycles. The highest BCUT2D eigenvalue weighted by atomic mass is 19.4. The summed E-state index contributed by atoms with van der Waals surface area (Å²) in [4.78, 5) is 14.7. The van der Waals surface area contributed by atoms with Gasteiger partial charge in [-0.25, -0.2) is 9.78 Å². The van der Waals surface area contributed by atoms with Crippen molar-refractivity contribution >= 4 is 17.0 Å². The Balaban J connectivity index is 2.31. The van der Waals surface area contributed by atoms with Crippen LogP contribution in [-0.2, 0) is 6.18 Å². The summed E-state index contributed by atoms with van der Waals surface area (Å²) in [5, 5.41) is 9.04. The number of imidazole rings is 1. The summed E-state index contributed by atoms with van der Waals surface area (Å²) in [6.07, 6.45) is -4.63. The lowest BCUT2D eigenvalue weighted by Gasteiger charge is -2.13. The molecule has 0 bridgehead atoms. The minimum absolute atomic E-state index is 0.0479. The first-order chi connectivity index (χ1) is 10.8. The van der Waals surface area contributed by atoms with Crippen LogP contribution in [0.5, 0.6) is 0 Å². The van der Waals surface area contributed by atoms with Gasteiger partial charge in [0.15, 0.2) is 0 Å². The molecule has 0 radical (unpaired) electrons. The summed E-state index contributed by atoms with van der Waals surface area (Å²) in [6.45, 7) is 1.54. The summed E-state index contributed by atoms with van der Waals surface area (Å²) >= 11 is 0. The molecule has 0 aliphatic heterocycles. The van der Waals surface area contributed by atoms with Crippen LogP contribution in [-0.4, -0.2) is 20.6 Å². The molecule has 1 N–H and O–H groups in total. The number of aromatic carboxylic acids is 1. The van der Waals surface area contributed by atoms with Crippen molar-refractivity contribution in [2.75, 3.05) is 0 Å². The molecule has 0 atom stereocenters. The molecular formula is C16H11F3N2O2. The molecule has 3 rings (SSSR count).